The minimum absolute atomic E-state index is 0.00893. The van der Waals surface area contributed by atoms with Gasteiger partial charge in [-0.3, -0.25) is 4.79 Å². The first-order chi connectivity index (χ1) is 12.8. The first-order valence-electron chi connectivity index (χ1n) is 8.12. The van der Waals surface area contributed by atoms with Crippen molar-refractivity contribution in [2.24, 2.45) is 5.41 Å². The largest absolute Gasteiger partial charge is 0.465 e. The highest BCUT2D eigenvalue weighted by Gasteiger charge is 2.77. The maximum absolute atomic E-state index is 13.2. The fourth-order valence-electron chi connectivity index (χ4n) is 3.36. The summed E-state index contributed by atoms with van der Waals surface area (Å²) in [6.45, 7) is 1.64. The average Bonchev–Trinajstić information content (AvgIpc) is 3.34. The number of sulfone groups is 1. The van der Waals surface area contributed by atoms with Gasteiger partial charge in [0.25, 0.3) is 0 Å². The first kappa shape index (κ1) is 19.7. The van der Waals surface area contributed by atoms with Gasteiger partial charge in [0.15, 0.2) is 15.3 Å². The van der Waals surface area contributed by atoms with Crippen molar-refractivity contribution in [3.8, 4) is 6.07 Å². The maximum Gasteiger partial charge on any atom is 0.328 e. The smallest absolute Gasteiger partial charge is 0.328 e. The molecule has 0 bridgehead atoms. The maximum atomic E-state index is 13.2. The van der Waals surface area contributed by atoms with Crippen molar-refractivity contribution >= 4 is 39.0 Å². The lowest BCUT2D eigenvalue weighted by Crippen LogP contribution is -2.25. The second kappa shape index (κ2) is 7.16. The third kappa shape index (κ3) is 3.20. The molecule has 0 aromatic heterocycles. The van der Waals surface area contributed by atoms with Crippen molar-refractivity contribution in [3.05, 3.63) is 64.1 Å². The predicted octanol–water partition coefficient (Wildman–Crippen LogP) is 4.01. The van der Waals surface area contributed by atoms with E-state index < -0.39 is 32.4 Å². The molecule has 2 aromatic carbocycles. The molecule has 1 fully saturated rings. The molecule has 27 heavy (non-hydrogen) atoms. The van der Waals surface area contributed by atoms with Crippen molar-refractivity contribution in [1.82, 2.24) is 0 Å². The van der Waals surface area contributed by atoms with Crippen LogP contribution in [0.5, 0.6) is 0 Å². The molecule has 0 radical (unpaired) electrons. The number of rotatable bonds is 5. The number of carbonyl (C=O) groups is 1. The molecule has 1 saturated carbocycles. The van der Waals surface area contributed by atoms with Crippen LogP contribution in [0.25, 0.3) is 0 Å². The van der Waals surface area contributed by atoms with E-state index in [4.69, 9.17) is 27.9 Å². The van der Waals surface area contributed by atoms with Crippen LogP contribution in [-0.2, 0) is 19.4 Å². The first-order valence-corrected chi connectivity index (χ1v) is 10.4. The van der Waals surface area contributed by atoms with E-state index in [0.29, 0.717) is 15.6 Å². The van der Waals surface area contributed by atoms with E-state index in [0.717, 1.165) is 0 Å². The average molecular weight is 424 g/mol. The number of ether oxygens (including phenoxy) is 1. The quantitative estimate of drug-likeness (QED) is 0.678. The van der Waals surface area contributed by atoms with Gasteiger partial charge in [0.05, 0.1) is 17.6 Å². The molecule has 0 saturated heterocycles. The van der Waals surface area contributed by atoms with Gasteiger partial charge >= 0.3 is 5.97 Å². The second-order valence-electron chi connectivity index (χ2n) is 6.15. The lowest BCUT2D eigenvalue weighted by atomic mass is 10.0. The van der Waals surface area contributed by atoms with E-state index in [1.807, 2.05) is 6.07 Å². The summed E-state index contributed by atoms with van der Waals surface area (Å²) in [6.07, 6.45) is 0. The van der Waals surface area contributed by atoms with E-state index >= 15 is 0 Å². The van der Waals surface area contributed by atoms with Crippen LogP contribution in [0.1, 0.15) is 18.4 Å². The third-order valence-electron chi connectivity index (χ3n) is 4.62. The molecule has 0 aliphatic heterocycles. The van der Waals surface area contributed by atoms with Crippen LogP contribution in [0.15, 0.2) is 53.4 Å². The highest BCUT2D eigenvalue weighted by Crippen LogP contribution is 2.64. The van der Waals surface area contributed by atoms with E-state index in [-0.39, 0.29) is 11.5 Å². The Morgan fingerprint density at radius 3 is 2.41 bits per heavy atom. The Balaban J connectivity index is 2.14. The molecule has 0 amide bonds. The molecular formula is C19H15Cl2NO4S. The molecule has 3 atom stereocenters. The topological polar surface area (TPSA) is 84.2 Å². The number of halogens is 2. The van der Waals surface area contributed by atoms with Crippen LogP contribution < -0.4 is 0 Å². The zero-order valence-electron chi connectivity index (χ0n) is 14.2. The molecule has 0 unspecified atom stereocenters. The van der Waals surface area contributed by atoms with E-state index in [2.05, 4.69) is 0 Å². The normalized spacial score (nSPS) is 24.1. The Hall–Kier alpha value is -2.07. The van der Waals surface area contributed by atoms with Gasteiger partial charge in [0.2, 0.25) is 0 Å². The van der Waals surface area contributed by atoms with Crippen LogP contribution in [0, 0.1) is 16.7 Å². The highest BCUT2D eigenvalue weighted by molar-refractivity contribution is 7.92. The zero-order valence-corrected chi connectivity index (χ0v) is 16.6. The van der Waals surface area contributed by atoms with Crippen LogP contribution in [0.3, 0.4) is 0 Å². The standard InChI is InChI=1S/C19H15Cl2NO4S/c1-2-26-18(23)19(11-22)16(12-4-3-5-14(21)10-12)17(19)27(24,25)15-8-6-13(20)7-9-15/h3-10,16-17H,2H2,1H3/t16-,17-,19-/m0/s1. The Kier molecular flexibility index (Phi) is 5.22. The number of nitriles is 1. The Morgan fingerprint density at radius 1 is 1.19 bits per heavy atom. The van der Waals surface area contributed by atoms with Gasteiger partial charge in [-0.1, -0.05) is 35.3 Å². The summed E-state index contributed by atoms with van der Waals surface area (Å²) < 4.78 is 31.5. The van der Waals surface area contributed by atoms with Crippen LogP contribution >= 0.6 is 23.2 Å². The second-order valence-corrected chi connectivity index (χ2v) is 9.10. The molecule has 0 spiro atoms. The Morgan fingerprint density at radius 2 is 1.85 bits per heavy atom. The molecule has 1 aliphatic rings. The van der Waals surface area contributed by atoms with E-state index in [9.17, 15) is 18.5 Å². The predicted molar refractivity (Wildman–Crippen MR) is 101 cm³/mol. The molecule has 2 aromatic rings. The summed E-state index contributed by atoms with van der Waals surface area (Å²) in [5, 5.41) is 9.31. The molecule has 0 heterocycles. The summed E-state index contributed by atoms with van der Waals surface area (Å²) in [5.74, 6) is -1.72. The third-order valence-corrected chi connectivity index (χ3v) is 7.34. The number of esters is 1. The molecule has 3 rings (SSSR count). The van der Waals surface area contributed by atoms with Crippen LogP contribution in [0.4, 0.5) is 0 Å². The lowest BCUT2D eigenvalue weighted by Gasteiger charge is -2.09. The Labute approximate surface area is 167 Å². The van der Waals surface area contributed by atoms with Crippen molar-refractivity contribution in [1.29, 1.82) is 5.26 Å². The van der Waals surface area contributed by atoms with Gasteiger partial charge in [0.1, 0.15) is 5.25 Å². The van der Waals surface area contributed by atoms with Crippen molar-refractivity contribution < 1.29 is 17.9 Å². The van der Waals surface area contributed by atoms with Crippen molar-refractivity contribution in [2.45, 2.75) is 23.0 Å². The molecule has 1 aliphatic carbocycles. The number of hydrogen-bond donors (Lipinski definition) is 0. The molecule has 5 nitrogen and oxygen atoms in total. The molecular weight excluding hydrogens is 409 g/mol. The van der Waals surface area contributed by atoms with Crippen molar-refractivity contribution in [3.63, 3.8) is 0 Å². The summed E-state index contributed by atoms with van der Waals surface area (Å²) in [6, 6.07) is 14.0. The van der Waals surface area contributed by atoms with Gasteiger partial charge in [0, 0.05) is 16.0 Å². The van der Waals surface area contributed by atoms with Crippen LogP contribution in [-0.4, -0.2) is 26.2 Å². The number of hydrogen-bond acceptors (Lipinski definition) is 5. The number of carbonyl (C=O) groups excluding carboxylic acids is 1. The Bertz CT molecular complexity index is 1030. The fourth-order valence-corrected chi connectivity index (χ4v) is 5.93. The summed E-state index contributed by atoms with van der Waals surface area (Å²) in [7, 11) is -4.00. The van der Waals surface area contributed by atoms with Gasteiger partial charge in [-0.05, 0) is 48.9 Å². The summed E-state index contributed by atoms with van der Waals surface area (Å²) in [4.78, 5) is 12.6. The van der Waals surface area contributed by atoms with Gasteiger partial charge in [-0.2, -0.15) is 5.26 Å². The minimum atomic E-state index is -4.00. The number of nitrogens with zero attached hydrogens (tertiary/aromatic N) is 1. The minimum Gasteiger partial charge on any atom is -0.465 e. The number of benzene rings is 2. The van der Waals surface area contributed by atoms with Crippen LogP contribution in [0.2, 0.25) is 10.0 Å². The highest BCUT2D eigenvalue weighted by atomic mass is 35.5. The van der Waals surface area contributed by atoms with Crippen molar-refractivity contribution in [2.75, 3.05) is 6.61 Å². The van der Waals surface area contributed by atoms with Gasteiger partial charge in [-0.15, -0.1) is 0 Å². The summed E-state index contributed by atoms with van der Waals surface area (Å²) >= 11 is 11.9. The van der Waals surface area contributed by atoms with E-state index in [1.54, 1.807) is 31.2 Å². The lowest BCUT2D eigenvalue weighted by molar-refractivity contribution is -0.147. The fraction of sp³-hybridized carbons (Fsp3) is 0.263. The van der Waals surface area contributed by atoms with E-state index in [1.165, 1.54) is 24.3 Å². The monoisotopic (exact) mass is 423 g/mol. The molecule has 140 valence electrons. The van der Waals surface area contributed by atoms with Gasteiger partial charge in [-0.25, -0.2) is 8.42 Å². The molecule has 8 heteroatoms. The zero-order chi connectivity index (χ0) is 19.8. The molecule has 0 N–H and O–H groups in total. The van der Waals surface area contributed by atoms with Gasteiger partial charge < -0.3 is 4.74 Å². The SMILES string of the molecule is CCOC(=O)[C@@]1(C#N)[C@@H](c2cccc(Cl)c2)[C@@H]1S(=O)(=O)c1ccc(Cl)cc1. The summed E-state index contributed by atoms with van der Waals surface area (Å²) in [5.41, 5.74) is -1.32.